The van der Waals surface area contributed by atoms with Gasteiger partial charge in [0.05, 0.1) is 18.6 Å². The molecule has 0 fully saturated rings. The van der Waals surface area contributed by atoms with Gasteiger partial charge in [0, 0.05) is 11.6 Å². The Labute approximate surface area is 188 Å². The van der Waals surface area contributed by atoms with Crippen molar-refractivity contribution in [1.82, 2.24) is 10.3 Å². The summed E-state index contributed by atoms with van der Waals surface area (Å²) in [5.74, 6) is -0.0269. The summed E-state index contributed by atoms with van der Waals surface area (Å²) in [4.78, 5) is 16.8. The van der Waals surface area contributed by atoms with E-state index in [1.165, 1.54) is 0 Å². The first-order valence-corrected chi connectivity index (χ1v) is 12.3. The molecule has 3 aromatic rings. The fourth-order valence-electron chi connectivity index (χ4n) is 3.34. The van der Waals surface area contributed by atoms with Gasteiger partial charge in [-0.25, -0.2) is 13.4 Å². The monoisotopic (exact) mass is 456 g/mol. The van der Waals surface area contributed by atoms with E-state index in [0.717, 1.165) is 5.56 Å². The normalized spacial score (nSPS) is 12.3. The molecule has 7 nitrogen and oxygen atoms in total. The van der Waals surface area contributed by atoms with Crippen LogP contribution in [-0.2, 0) is 26.8 Å². The van der Waals surface area contributed by atoms with Gasteiger partial charge < -0.3 is 14.5 Å². The maximum Gasteiger partial charge on any atom is 0.235 e. The minimum absolute atomic E-state index is 0.129. The number of ether oxygens (including phenoxy) is 1. The summed E-state index contributed by atoms with van der Waals surface area (Å²) in [6.45, 7) is 3.62. The van der Waals surface area contributed by atoms with E-state index in [1.807, 2.05) is 37.3 Å². The van der Waals surface area contributed by atoms with Gasteiger partial charge >= 0.3 is 0 Å². The third kappa shape index (κ3) is 6.43. The number of oxazole rings is 1. The molecule has 0 aliphatic carbocycles. The summed E-state index contributed by atoms with van der Waals surface area (Å²) >= 11 is 0. The molecular formula is C24H28N2O5S. The van der Waals surface area contributed by atoms with Gasteiger partial charge in [0.25, 0.3) is 0 Å². The molecular weight excluding hydrogens is 428 g/mol. The van der Waals surface area contributed by atoms with Gasteiger partial charge in [0.1, 0.15) is 17.3 Å². The van der Waals surface area contributed by atoms with E-state index in [9.17, 15) is 13.2 Å². The molecule has 8 heteroatoms. The Balaban J connectivity index is 1.62. The van der Waals surface area contributed by atoms with Crippen LogP contribution in [0.5, 0.6) is 5.75 Å². The molecule has 3 rings (SSSR count). The molecule has 1 heterocycles. The minimum Gasteiger partial charge on any atom is -0.497 e. The third-order valence-electron chi connectivity index (χ3n) is 5.12. The van der Waals surface area contributed by atoms with Crippen molar-refractivity contribution in [3.63, 3.8) is 0 Å². The average molecular weight is 457 g/mol. The van der Waals surface area contributed by atoms with Crippen molar-refractivity contribution >= 4 is 15.7 Å². The number of methoxy groups -OCH3 is 1. The summed E-state index contributed by atoms with van der Waals surface area (Å²) in [7, 11) is -2.14. The van der Waals surface area contributed by atoms with Crippen LogP contribution in [0.3, 0.4) is 0 Å². The highest BCUT2D eigenvalue weighted by atomic mass is 32.2. The highest BCUT2D eigenvalue weighted by molar-refractivity contribution is 7.91. The largest absolute Gasteiger partial charge is 0.497 e. The van der Waals surface area contributed by atoms with Crippen molar-refractivity contribution in [1.29, 1.82) is 0 Å². The molecule has 1 aromatic heterocycles. The Kier molecular flexibility index (Phi) is 7.69. The molecule has 0 saturated carbocycles. The topological polar surface area (TPSA) is 98.5 Å². The molecule has 170 valence electrons. The van der Waals surface area contributed by atoms with E-state index in [-0.39, 0.29) is 11.8 Å². The van der Waals surface area contributed by atoms with Crippen LogP contribution in [0.2, 0.25) is 0 Å². The highest BCUT2D eigenvalue weighted by Gasteiger charge is 2.23. The van der Waals surface area contributed by atoms with E-state index in [0.29, 0.717) is 41.5 Å². The Morgan fingerprint density at radius 2 is 1.81 bits per heavy atom. The van der Waals surface area contributed by atoms with E-state index in [2.05, 4.69) is 10.3 Å². The standard InChI is InChI=1S/C24H28N2O5S/c1-4-20(14-18-8-6-5-7-9-18)25-23(27)16-32(28,29)15-22-17(2)31-24(26-22)19-10-12-21(30-3)13-11-19/h5-13,20H,4,14-16H2,1-3H3,(H,25,27). The second kappa shape index (κ2) is 10.5. The first kappa shape index (κ1) is 23.5. The van der Waals surface area contributed by atoms with Gasteiger partial charge in [-0.15, -0.1) is 0 Å². The van der Waals surface area contributed by atoms with Crippen LogP contribution in [0.15, 0.2) is 59.0 Å². The summed E-state index contributed by atoms with van der Waals surface area (Å²) < 4.78 is 36.1. The maximum atomic E-state index is 12.7. The van der Waals surface area contributed by atoms with Crippen molar-refractivity contribution < 1.29 is 22.4 Å². The van der Waals surface area contributed by atoms with Crippen LogP contribution in [0, 0.1) is 6.92 Å². The predicted molar refractivity (Wildman–Crippen MR) is 123 cm³/mol. The van der Waals surface area contributed by atoms with Gasteiger partial charge in [0.15, 0.2) is 9.84 Å². The summed E-state index contributed by atoms with van der Waals surface area (Å²) in [6, 6.07) is 16.8. The van der Waals surface area contributed by atoms with Crippen molar-refractivity contribution in [3.8, 4) is 17.2 Å². The van der Waals surface area contributed by atoms with Crippen LogP contribution in [-0.4, -0.2) is 38.2 Å². The molecule has 0 aliphatic rings. The Morgan fingerprint density at radius 1 is 1.12 bits per heavy atom. The second-order valence-electron chi connectivity index (χ2n) is 7.65. The first-order valence-electron chi connectivity index (χ1n) is 10.4. The van der Waals surface area contributed by atoms with Gasteiger partial charge in [-0.2, -0.15) is 0 Å². The smallest absolute Gasteiger partial charge is 0.235 e. The van der Waals surface area contributed by atoms with E-state index in [4.69, 9.17) is 9.15 Å². The Morgan fingerprint density at radius 3 is 2.44 bits per heavy atom. The molecule has 1 atom stereocenters. The number of hydrogen-bond acceptors (Lipinski definition) is 6. The number of nitrogens with one attached hydrogen (secondary N) is 1. The average Bonchev–Trinajstić information content (AvgIpc) is 3.13. The van der Waals surface area contributed by atoms with Crippen molar-refractivity contribution in [2.24, 2.45) is 0 Å². The number of carbonyl (C=O) groups excluding carboxylic acids is 1. The zero-order valence-corrected chi connectivity index (χ0v) is 19.3. The lowest BCUT2D eigenvalue weighted by atomic mass is 10.0. The van der Waals surface area contributed by atoms with Crippen molar-refractivity contribution in [2.75, 3.05) is 12.9 Å². The number of hydrogen-bond donors (Lipinski definition) is 1. The fourth-order valence-corrected chi connectivity index (χ4v) is 4.61. The van der Waals surface area contributed by atoms with E-state index in [1.54, 1.807) is 38.3 Å². The number of rotatable bonds is 10. The quantitative estimate of drug-likeness (QED) is 0.499. The number of aryl methyl sites for hydroxylation is 1. The summed E-state index contributed by atoms with van der Waals surface area (Å²) in [6.07, 6.45) is 1.35. The van der Waals surface area contributed by atoms with Crippen LogP contribution < -0.4 is 10.1 Å². The van der Waals surface area contributed by atoms with Crippen molar-refractivity contribution in [3.05, 3.63) is 71.6 Å². The molecule has 0 bridgehead atoms. The van der Waals surface area contributed by atoms with Gasteiger partial charge in [-0.05, 0) is 49.6 Å². The Bertz CT molecular complexity index is 1140. The maximum absolute atomic E-state index is 12.7. The second-order valence-corrected chi connectivity index (χ2v) is 9.71. The molecule has 2 aromatic carbocycles. The lowest BCUT2D eigenvalue weighted by Crippen LogP contribution is -2.39. The lowest BCUT2D eigenvalue weighted by Gasteiger charge is -2.17. The van der Waals surface area contributed by atoms with Gasteiger partial charge in [0.2, 0.25) is 11.8 Å². The zero-order chi connectivity index (χ0) is 23.1. The lowest BCUT2D eigenvalue weighted by molar-refractivity contribution is -0.119. The number of carbonyl (C=O) groups is 1. The minimum atomic E-state index is -3.72. The van der Waals surface area contributed by atoms with Crippen LogP contribution in [0.4, 0.5) is 0 Å². The van der Waals surface area contributed by atoms with Crippen LogP contribution >= 0.6 is 0 Å². The Hall–Kier alpha value is -3.13. The molecule has 1 unspecified atom stereocenters. The van der Waals surface area contributed by atoms with Crippen LogP contribution in [0.25, 0.3) is 11.5 Å². The van der Waals surface area contributed by atoms with Crippen molar-refractivity contribution in [2.45, 2.75) is 38.5 Å². The van der Waals surface area contributed by atoms with Crippen LogP contribution in [0.1, 0.15) is 30.4 Å². The number of aromatic nitrogens is 1. The molecule has 0 radical (unpaired) electrons. The number of benzene rings is 2. The summed E-state index contributed by atoms with van der Waals surface area (Å²) in [5.41, 5.74) is 2.11. The van der Waals surface area contributed by atoms with Gasteiger partial charge in [-0.3, -0.25) is 4.79 Å². The molecule has 0 spiro atoms. The number of nitrogens with zero attached hydrogens (tertiary/aromatic N) is 1. The van der Waals surface area contributed by atoms with E-state index < -0.39 is 21.5 Å². The highest BCUT2D eigenvalue weighted by Crippen LogP contribution is 2.25. The summed E-state index contributed by atoms with van der Waals surface area (Å²) in [5, 5.41) is 2.84. The predicted octanol–water partition coefficient (Wildman–Crippen LogP) is 3.71. The fraction of sp³-hybridized carbons (Fsp3) is 0.333. The molecule has 0 saturated heterocycles. The SMILES string of the molecule is CCC(Cc1ccccc1)NC(=O)CS(=O)(=O)Cc1nc(-c2ccc(OC)cc2)oc1C. The molecule has 32 heavy (non-hydrogen) atoms. The van der Waals surface area contributed by atoms with Gasteiger partial charge in [-0.1, -0.05) is 37.3 Å². The number of sulfone groups is 1. The molecule has 1 amide bonds. The molecule has 0 aliphatic heterocycles. The number of amides is 1. The zero-order valence-electron chi connectivity index (χ0n) is 18.5. The molecule has 1 N–H and O–H groups in total. The first-order chi connectivity index (χ1) is 15.3. The third-order valence-corrected chi connectivity index (χ3v) is 6.54. The van der Waals surface area contributed by atoms with E-state index >= 15 is 0 Å².